The number of nitrogens with one attached hydrogen (secondary N) is 1. The molecule has 2 amide bonds. The molecule has 31 heavy (non-hydrogen) atoms. The Morgan fingerprint density at radius 3 is 2.55 bits per heavy atom. The molecular formula is C21H22BrN3O5S. The highest BCUT2D eigenvalue weighted by atomic mass is 79.9. The van der Waals surface area contributed by atoms with Crippen molar-refractivity contribution in [2.75, 3.05) is 31.5 Å². The number of anilines is 1. The van der Waals surface area contributed by atoms with Crippen LogP contribution in [0.25, 0.3) is 0 Å². The summed E-state index contributed by atoms with van der Waals surface area (Å²) in [5, 5.41) is 2.72. The highest BCUT2D eigenvalue weighted by molar-refractivity contribution is 9.10. The fraction of sp³-hybridized carbons (Fsp3) is 0.333. The van der Waals surface area contributed by atoms with E-state index < -0.39 is 16.1 Å². The van der Waals surface area contributed by atoms with Crippen LogP contribution in [0.4, 0.5) is 5.69 Å². The molecule has 1 atom stereocenters. The minimum atomic E-state index is -3.77. The van der Waals surface area contributed by atoms with Crippen molar-refractivity contribution in [3.05, 3.63) is 52.5 Å². The molecule has 0 radical (unpaired) electrons. The summed E-state index contributed by atoms with van der Waals surface area (Å²) in [4.78, 5) is 26.5. The molecule has 1 saturated heterocycles. The smallest absolute Gasteiger partial charge is 0.265 e. The Bertz CT molecular complexity index is 1130. The number of hydrogen-bond donors (Lipinski definition) is 1. The molecule has 2 aliphatic rings. The lowest BCUT2D eigenvalue weighted by molar-refractivity contribution is -0.123. The molecule has 0 spiro atoms. The van der Waals surface area contributed by atoms with E-state index in [9.17, 15) is 18.0 Å². The van der Waals surface area contributed by atoms with Crippen molar-refractivity contribution in [3.63, 3.8) is 0 Å². The standard InChI is InChI=1S/C21H22BrN3O5S/c1-2-18-20(26)23-17-13-14(7-8-19(17)30-18)31(28,29)25-11-9-24(10-12-25)21(27)15-5-3-4-6-16(15)22/h3-8,13,18H,2,9-12H2,1H3,(H,23,26). The molecule has 4 rings (SSSR count). The Labute approximate surface area is 189 Å². The predicted molar refractivity (Wildman–Crippen MR) is 119 cm³/mol. The van der Waals surface area contributed by atoms with Crippen LogP contribution in [0.1, 0.15) is 23.7 Å². The summed E-state index contributed by atoms with van der Waals surface area (Å²) >= 11 is 3.39. The summed E-state index contributed by atoms with van der Waals surface area (Å²) in [7, 11) is -3.77. The number of hydrogen-bond acceptors (Lipinski definition) is 5. The van der Waals surface area contributed by atoms with E-state index >= 15 is 0 Å². The first-order valence-corrected chi connectivity index (χ1v) is 12.2. The van der Waals surface area contributed by atoms with Crippen LogP contribution in [0, 0.1) is 0 Å². The number of halogens is 1. The van der Waals surface area contributed by atoms with Crippen molar-refractivity contribution in [2.45, 2.75) is 24.3 Å². The molecule has 0 bridgehead atoms. The van der Waals surface area contributed by atoms with Gasteiger partial charge in [-0.25, -0.2) is 8.42 Å². The van der Waals surface area contributed by atoms with Crippen LogP contribution in [0.2, 0.25) is 0 Å². The zero-order valence-corrected chi connectivity index (χ0v) is 19.3. The maximum absolute atomic E-state index is 13.1. The topological polar surface area (TPSA) is 96.0 Å². The van der Waals surface area contributed by atoms with Gasteiger partial charge in [-0.3, -0.25) is 9.59 Å². The van der Waals surface area contributed by atoms with Crippen LogP contribution >= 0.6 is 15.9 Å². The Balaban J connectivity index is 1.47. The molecular weight excluding hydrogens is 486 g/mol. The van der Waals surface area contributed by atoms with Crippen molar-refractivity contribution in [1.29, 1.82) is 0 Å². The van der Waals surface area contributed by atoms with Gasteiger partial charge in [-0.15, -0.1) is 0 Å². The van der Waals surface area contributed by atoms with Crippen molar-refractivity contribution in [1.82, 2.24) is 9.21 Å². The third-order valence-electron chi connectivity index (χ3n) is 5.41. The van der Waals surface area contributed by atoms with Gasteiger partial charge in [0, 0.05) is 30.7 Å². The van der Waals surface area contributed by atoms with E-state index in [-0.39, 0.29) is 29.8 Å². The average Bonchev–Trinajstić information content (AvgIpc) is 2.78. The molecule has 2 aromatic rings. The van der Waals surface area contributed by atoms with Gasteiger partial charge in [-0.1, -0.05) is 19.1 Å². The SMILES string of the molecule is CCC1Oc2ccc(S(=O)(=O)N3CCN(C(=O)c4ccccc4Br)CC3)cc2NC1=O. The van der Waals surface area contributed by atoms with Gasteiger partial charge in [0.25, 0.3) is 11.8 Å². The highest BCUT2D eigenvalue weighted by Crippen LogP contribution is 2.33. The van der Waals surface area contributed by atoms with Gasteiger partial charge < -0.3 is 15.0 Å². The molecule has 0 aromatic heterocycles. The third kappa shape index (κ3) is 4.19. The van der Waals surface area contributed by atoms with Crippen LogP contribution in [0.3, 0.4) is 0 Å². The van der Waals surface area contributed by atoms with Crippen LogP contribution in [-0.4, -0.2) is 61.7 Å². The number of piperazine rings is 1. The second-order valence-electron chi connectivity index (χ2n) is 7.34. The van der Waals surface area contributed by atoms with E-state index in [0.29, 0.717) is 41.0 Å². The van der Waals surface area contributed by atoms with Gasteiger partial charge in [0.1, 0.15) is 5.75 Å². The minimum absolute atomic E-state index is 0.0793. The van der Waals surface area contributed by atoms with Crippen LogP contribution in [0.15, 0.2) is 51.8 Å². The summed E-state index contributed by atoms with van der Waals surface area (Å²) < 4.78 is 34.0. The quantitative estimate of drug-likeness (QED) is 0.686. The number of rotatable bonds is 4. The fourth-order valence-corrected chi connectivity index (χ4v) is 5.55. The second-order valence-corrected chi connectivity index (χ2v) is 10.1. The second kappa shape index (κ2) is 8.60. The van der Waals surface area contributed by atoms with Crippen LogP contribution < -0.4 is 10.1 Å². The van der Waals surface area contributed by atoms with E-state index in [2.05, 4.69) is 21.2 Å². The molecule has 1 N–H and O–H groups in total. The number of carbonyl (C=O) groups is 2. The molecule has 2 aromatic carbocycles. The van der Waals surface area contributed by atoms with Gasteiger partial charge in [0.15, 0.2) is 6.10 Å². The van der Waals surface area contributed by atoms with E-state index in [1.165, 1.54) is 16.4 Å². The maximum atomic E-state index is 13.1. The predicted octanol–water partition coefficient (Wildman–Crippen LogP) is 2.71. The van der Waals surface area contributed by atoms with Gasteiger partial charge >= 0.3 is 0 Å². The van der Waals surface area contributed by atoms with E-state index in [0.717, 1.165) is 0 Å². The zero-order chi connectivity index (χ0) is 22.2. The number of sulfonamides is 1. The first-order chi connectivity index (χ1) is 14.8. The average molecular weight is 508 g/mol. The summed E-state index contributed by atoms with van der Waals surface area (Å²) in [6.45, 7) is 2.81. The normalized spacial score (nSPS) is 19.4. The summed E-state index contributed by atoms with van der Waals surface area (Å²) in [5.74, 6) is 0.0293. The number of carbonyl (C=O) groups excluding carboxylic acids is 2. The molecule has 1 unspecified atom stereocenters. The maximum Gasteiger partial charge on any atom is 0.265 e. The largest absolute Gasteiger partial charge is 0.478 e. The van der Waals surface area contributed by atoms with E-state index in [1.807, 2.05) is 13.0 Å². The zero-order valence-electron chi connectivity index (χ0n) is 16.9. The lowest BCUT2D eigenvalue weighted by atomic mass is 10.2. The molecule has 8 nitrogen and oxygen atoms in total. The lowest BCUT2D eigenvalue weighted by Gasteiger charge is -2.34. The molecule has 10 heteroatoms. The Morgan fingerprint density at radius 1 is 1.16 bits per heavy atom. The minimum Gasteiger partial charge on any atom is -0.478 e. The molecule has 1 fully saturated rings. The number of fused-ring (bicyclic) bond motifs is 1. The molecule has 2 heterocycles. The highest BCUT2D eigenvalue weighted by Gasteiger charge is 2.33. The van der Waals surface area contributed by atoms with Crippen LogP contribution in [0.5, 0.6) is 5.75 Å². The lowest BCUT2D eigenvalue weighted by Crippen LogP contribution is -2.50. The van der Waals surface area contributed by atoms with E-state index in [1.54, 1.807) is 29.2 Å². The first kappa shape index (κ1) is 21.8. The summed E-state index contributed by atoms with van der Waals surface area (Å²) in [6, 6.07) is 11.6. The van der Waals surface area contributed by atoms with Gasteiger partial charge in [-0.2, -0.15) is 4.31 Å². The number of ether oxygens (including phenoxy) is 1. The third-order valence-corrected chi connectivity index (χ3v) is 8.00. The van der Waals surface area contributed by atoms with Crippen molar-refractivity contribution in [2.24, 2.45) is 0 Å². The fourth-order valence-electron chi connectivity index (χ4n) is 3.64. The van der Waals surface area contributed by atoms with Gasteiger partial charge in [0.2, 0.25) is 10.0 Å². The first-order valence-electron chi connectivity index (χ1n) is 9.97. The molecule has 0 saturated carbocycles. The molecule has 164 valence electrons. The summed E-state index contributed by atoms with van der Waals surface area (Å²) in [5.41, 5.74) is 0.896. The number of benzene rings is 2. The van der Waals surface area contributed by atoms with Crippen LogP contribution in [-0.2, 0) is 14.8 Å². The molecule has 2 aliphatic heterocycles. The summed E-state index contributed by atoms with van der Waals surface area (Å²) in [6.07, 6.45) is -0.0568. The number of amides is 2. The molecule has 0 aliphatic carbocycles. The van der Waals surface area contributed by atoms with E-state index in [4.69, 9.17) is 4.74 Å². The van der Waals surface area contributed by atoms with Crippen molar-refractivity contribution < 1.29 is 22.7 Å². The van der Waals surface area contributed by atoms with Crippen molar-refractivity contribution in [3.8, 4) is 5.75 Å². The Kier molecular flexibility index (Phi) is 6.05. The monoisotopic (exact) mass is 507 g/mol. The Morgan fingerprint density at radius 2 is 1.87 bits per heavy atom. The van der Waals surface area contributed by atoms with Gasteiger partial charge in [-0.05, 0) is 52.7 Å². The Hall–Kier alpha value is -2.43. The van der Waals surface area contributed by atoms with Crippen molar-refractivity contribution >= 4 is 43.5 Å². The number of nitrogens with zero attached hydrogens (tertiary/aromatic N) is 2. The van der Waals surface area contributed by atoms with Gasteiger partial charge in [0.05, 0.1) is 16.1 Å².